The molecule has 33 heavy (non-hydrogen) atoms. The van der Waals surface area contributed by atoms with Gasteiger partial charge in [-0.05, 0) is 62.3 Å². The van der Waals surface area contributed by atoms with Gasteiger partial charge in [0.05, 0.1) is 22.4 Å². The van der Waals surface area contributed by atoms with E-state index in [0.29, 0.717) is 12.1 Å². The Morgan fingerprint density at radius 3 is 2.24 bits per heavy atom. The minimum absolute atomic E-state index is 0.00797. The van der Waals surface area contributed by atoms with Gasteiger partial charge in [-0.15, -0.1) is 0 Å². The van der Waals surface area contributed by atoms with E-state index >= 15 is 0 Å². The second kappa shape index (κ2) is 10.3. The highest BCUT2D eigenvalue weighted by Crippen LogP contribution is 2.19. The molecule has 3 rings (SSSR count). The summed E-state index contributed by atoms with van der Waals surface area (Å²) in [7, 11) is -3.16. The number of likely N-dealkylation sites (N-methyl/N-ethyl adjacent to an activating group) is 1. The van der Waals surface area contributed by atoms with Gasteiger partial charge in [0.1, 0.15) is 0 Å². The summed E-state index contributed by atoms with van der Waals surface area (Å²) in [6, 6.07) is 13.3. The minimum Gasteiger partial charge on any atom is -0.350 e. The molecule has 1 heterocycles. The molecule has 0 saturated carbocycles. The van der Waals surface area contributed by atoms with Gasteiger partial charge in [-0.25, -0.2) is 21.6 Å². The number of nitrogens with zero attached hydrogens (tertiary/aromatic N) is 1. The van der Waals surface area contributed by atoms with Crippen molar-refractivity contribution in [2.24, 2.45) is 0 Å². The Balaban J connectivity index is 1.63. The fourth-order valence-electron chi connectivity index (χ4n) is 3.83. The first kappa shape index (κ1) is 25.4. The van der Waals surface area contributed by atoms with Crippen LogP contribution in [0.4, 0.5) is 0 Å². The normalized spacial score (nSPS) is 18.8. The first-order chi connectivity index (χ1) is 15.5. The second-order valence-corrected chi connectivity index (χ2v) is 12.5. The first-order valence-electron chi connectivity index (χ1n) is 10.9. The number of rotatable bonds is 9. The van der Waals surface area contributed by atoms with Crippen LogP contribution in [0.1, 0.15) is 40.9 Å². The lowest BCUT2D eigenvalue weighted by molar-refractivity contribution is 0.0941. The van der Waals surface area contributed by atoms with E-state index in [2.05, 4.69) is 41.2 Å². The molecule has 1 aliphatic heterocycles. The highest BCUT2D eigenvalue weighted by atomic mass is 32.2. The van der Waals surface area contributed by atoms with Gasteiger partial charge in [0.2, 0.25) is 10.0 Å². The number of nitrogens with one attached hydrogen (secondary N) is 2. The molecule has 2 N–H and O–H groups in total. The zero-order valence-electron chi connectivity index (χ0n) is 19.1. The van der Waals surface area contributed by atoms with E-state index in [-0.39, 0.29) is 34.8 Å². The van der Waals surface area contributed by atoms with Crippen LogP contribution in [0.5, 0.6) is 0 Å². The van der Waals surface area contributed by atoms with E-state index in [4.69, 9.17) is 0 Å². The third kappa shape index (κ3) is 6.63. The van der Waals surface area contributed by atoms with Gasteiger partial charge in [-0.3, -0.25) is 4.79 Å². The summed E-state index contributed by atoms with van der Waals surface area (Å²) in [4.78, 5) is 14.7. The highest BCUT2D eigenvalue weighted by Gasteiger charge is 2.31. The topological polar surface area (TPSA) is 113 Å². The van der Waals surface area contributed by atoms with Crippen LogP contribution >= 0.6 is 0 Å². The zero-order valence-corrected chi connectivity index (χ0v) is 20.7. The minimum atomic E-state index is -3.87. The summed E-state index contributed by atoms with van der Waals surface area (Å²) in [5.74, 6) is -0.512. The Bertz CT molecular complexity index is 1180. The highest BCUT2D eigenvalue weighted by molar-refractivity contribution is 7.92. The molecule has 1 saturated heterocycles. The molecular formula is C23H31N3O5S2. The number of hydrogen-bond acceptors (Lipinski definition) is 6. The Morgan fingerprint density at radius 1 is 1.09 bits per heavy atom. The van der Waals surface area contributed by atoms with Crippen LogP contribution in [-0.4, -0.2) is 65.8 Å². The Hall–Kier alpha value is -2.27. The molecule has 1 amide bonds. The molecule has 0 unspecified atom stereocenters. The van der Waals surface area contributed by atoms with Crippen LogP contribution in [0.15, 0.2) is 53.4 Å². The van der Waals surface area contributed by atoms with Crippen molar-refractivity contribution in [3.63, 3.8) is 0 Å². The SMILES string of the molecule is CCc1ccc([C@@H](CNC(=O)c2ccc(S(=O)(=O)N[C@H]3CCS(=O)(=O)C3)cc2)N(C)C)cc1. The number of carbonyl (C=O) groups is 1. The summed E-state index contributed by atoms with van der Waals surface area (Å²) in [5.41, 5.74) is 2.69. The molecule has 2 atom stereocenters. The molecule has 1 aliphatic rings. The monoisotopic (exact) mass is 493 g/mol. The van der Waals surface area contributed by atoms with Gasteiger partial charge in [-0.1, -0.05) is 31.2 Å². The van der Waals surface area contributed by atoms with E-state index in [9.17, 15) is 21.6 Å². The third-order valence-corrected chi connectivity index (χ3v) is 9.14. The van der Waals surface area contributed by atoms with Gasteiger partial charge < -0.3 is 10.2 Å². The number of benzene rings is 2. The van der Waals surface area contributed by atoms with Crippen LogP contribution in [0, 0.1) is 0 Å². The van der Waals surface area contributed by atoms with Crippen LogP contribution < -0.4 is 10.0 Å². The summed E-state index contributed by atoms with van der Waals surface area (Å²) >= 11 is 0. The quantitative estimate of drug-likeness (QED) is 0.550. The lowest BCUT2D eigenvalue weighted by Gasteiger charge is -2.25. The molecule has 8 nitrogen and oxygen atoms in total. The van der Waals surface area contributed by atoms with Gasteiger partial charge in [0.25, 0.3) is 5.91 Å². The van der Waals surface area contributed by atoms with Crippen LogP contribution in [0.25, 0.3) is 0 Å². The number of sulfonamides is 1. The molecule has 0 aromatic heterocycles. The maximum atomic E-state index is 12.7. The van der Waals surface area contributed by atoms with E-state index in [1.165, 1.54) is 29.8 Å². The second-order valence-electron chi connectivity index (χ2n) is 8.53. The van der Waals surface area contributed by atoms with Crippen molar-refractivity contribution in [1.82, 2.24) is 14.9 Å². The van der Waals surface area contributed by atoms with Crippen molar-refractivity contribution in [3.8, 4) is 0 Å². The van der Waals surface area contributed by atoms with Gasteiger partial charge in [0, 0.05) is 18.2 Å². The lowest BCUT2D eigenvalue weighted by Crippen LogP contribution is -2.36. The molecule has 10 heteroatoms. The number of sulfone groups is 1. The number of carbonyl (C=O) groups excluding carboxylic acids is 1. The molecule has 0 spiro atoms. The Morgan fingerprint density at radius 2 is 1.73 bits per heavy atom. The average molecular weight is 494 g/mol. The lowest BCUT2D eigenvalue weighted by atomic mass is 10.0. The van der Waals surface area contributed by atoms with E-state index in [0.717, 1.165) is 12.0 Å². The molecule has 0 aliphatic carbocycles. The molecule has 0 radical (unpaired) electrons. The summed E-state index contributed by atoms with van der Waals surface area (Å²) in [6.45, 7) is 2.50. The first-order valence-corrected chi connectivity index (χ1v) is 14.2. The molecule has 0 bridgehead atoms. The Kier molecular flexibility index (Phi) is 7.94. The zero-order chi connectivity index (χ0) is 24.2. The smallest absolute Gasteiger partial charge is 0.251 e. The Labute approximate surface area is 196 Å². The maximum absolute atomic E-state index is 12.7. The van der Waals surface area contributed by atoms with Crippen molar-refractivity contribution in [2.75, 3.05) is 32.1 Å². The van der Waals surface area contributed by atoms with Crippen molar-refractivity contribution in [1.29, 1.82) is 0 Å². The summed E-state index contributed by atoms with van der Waals surface area (Å²) in [6.07, 6.45) is 1.22. The summed E-state index contributed by atoms with van der Waals surface area (Å²) < 4.78 is 50.7. The average Bonchev–Trinajstić information content (AvgIpc) is 3.11. The van der Waals surface area contributed by atoms with Gasteiger partial charge in [0.15, 0.2) is 9.84 Å². The van der Waals surface area contributed by atoms with Crippen LogP contribution in [-0.2, 0) is 26.3 Å². The van der Waals surface area contributed by atoms with Crippen molar-refractivity contribution < 1.29 is 21.6 Å². The van der Waals surface area contributed by atoms with E-state index < -0.39 is 25.9 Å². The number of amides is 1. The van der Waals surface area contributed by atoms with Crippen LogP contribution in [0.3, 0.4) is 0 Å². The van der Waals surface area contributed by atoms with Crippen molar-refractivity contribution in [3.05, 3.63) is 65.2 Å². The van der Waals surface area contributed by atoms with E-state index in [1.54, 1.807) is 0 Å². The van der Waals surface area contributed by atoms with Crippen molar-refractivity contribution >= 4 is 25.8 Å². The number of hydrogen-bond donors (Lipinski definition) is 2. The predicted octanol–water partition coefficient (Wildman–Crippen LogP) is 1.75. The molecule has 1 fully saturated rings. The van der Waals surface area contributed by atoms with Gasteiger partial charge >= 0.3 is 0 Å². The fraction of sp³-hybridized carbons (Fsp3) is 0.435. The standard InChI is InChI=1S/C23H31N3O5S2/c1-4-17-5-7-18(8-6-17)22(26(2)3)15-24-23(27)19-9-11-21(12-10-19)33(30,31)25-20-13-14-32(28,29)16-20/h5-12,20,22,25H,4,13-16H2,1-3H3,(H,24,27)/t20-,22+/m0/s1. The summed E-state index contributed by atoms with van der Waals surface area (Å²) in [5, 5.41) is 2.92. The van der Waals surface area contributed by atoms with Crippen molar-refractivity contribution in [2.45, 2.75) is 36.7 Å². The molecular weight excluding hydrogens is 462 g/mol. The maximum Gasteiger partial charge on any atom is 0.251 e. The molecule has 2 aromatic rings. The molecule has 2 aromatic carbocycles. The fourth-order valence-corrected chi connectivity index (χ4v) is 6.88. The molecule has 180 valence electrons. The van der Waals surface area contributed by atoms with Gasteiger partial charge in [-0.2, -0.15) is 0 Å². The largest absolute Gasteiger partial charge is 0.350 e. The van der Waals surface area contributed by atoms with E-state index in [1.807, 2.05) is 19.0 Å². The van der Waals surface area contributed by atoms with Crippen LogP contribution in [0.2, 0.25) is 0 Å². The predicted molar refractivity (Wildman–Crippen MR) is 128 cm³/mol. The third-order valence-electron chi connectivity index (χ3n) is 5.83. The number of aryl methyl sites for hydroxylation is 1.